The van der Waals surface area contributed by atoms with Crippen molar-refractivity contribution >= 4 is 5.91 Å². The number of aryl methyl sites for hydroxylation is 1. The lowest BCUT2D eigenvalue weighted by Gasteiger charge is -2.38. The van der Waals surface area contributed by atoms with Gasteiger partial charge in [-0.2, -0.15) is 0 Å². The van der Waals surface area contributed by atoms with Crippen LogP contribution in [0.25, 0.3) is 0 Å². The van der Waals surface area contributed by atoms with Gasteiger partial charge in [-0.25, -0.2) is 4.39 Å². The number of halogens is 1. The summed E-state index contributed by atoms with van der Waals surface area (Å²) >= 11 is 0. The molecule has 1 atom stereocenters. The first-order valence-electron chi connectivity index (χ1n) is 8.85. The highest BCUT2D eigenvalue weighted by Gasteiger charge is 2.32. The molecule has 2 nitrogen and oxygen atoms in total. The van der Waals surface area contributed by atoms with E-state index in [4.69, 9.17) is 0 Å². The Morgan fingerprint density at radius 1 is 0.962 bits per heavy atom. The Bertz CT molecular complexity index is 948. The van der Waals surface area contributed by atoms with Gasteiger partial charge in [0.25, 0.3) is 5.91 Å². The van der Waals surface area contributed by atoms with Gasteiger partial charge in [0.05, 0.1) is 6.04 Å². The van der Waals surface area contributed by atoms with Gasteiger partial charge in [0.2, 0.25) is 0 Å². The van der Waals surface area contributed by atoms with Gasteiger partial charge in [0.15, 0.2) is 0 Å². The third-order valence-electron chi connectivity index (χ3n) is 5.11. The van der Waals surface area contributed by atoms with Crippen LogP contribution in [0, 0.1) is 12.7 Å². The zero-order valence-electron chi connectivity index (χ0n) is 14.7. The summed E-state index contributed by atoms with van der Waals surface area (Å²) in [5.74, 6) is -0.249. The fourth-order valence-electron chi connectivity index (χ4n) is 3.76. The molecule has 1 amide bonds. The maximum Gasteiger partial charge on any atom is 0.254 e. The Hall–Kier alpha value is -2.94. The summed E-state index contributed by atoms with van der Waals surface area (Å²) in [6.45, 7) is 2.60. The summed E-state index contributed by atoms with van der Waals surface area (Å²) in [4.78, 5) is 15.2. The Balaban J connectivity index is 1.82. The largest absolute Gasteiger partial charge is 0.327 e. The van der Waals surface area contributed by atoms with Gasteiger partial charge in [0, 0.05) is 12.1 Å². The summed E-state index contributed by atoms with van der Waals surface area (Å²) < 4.78 is 13.4. The molecule has 4 rings (SSSR count). The van der Waals surface area contributed by atoms with Gasteiger partial charge in [-0.3, -0.25) is 4.79 Å². The fraction of sp³-hybridized carbons (Fsp3) is 0.174. The summed E-state index contributed by atoms with van der Waals surface area (Å²) in [5, 5.41) is 0. The van der Waals surface area contributed by atoms with E-state index in [-0.39, 0.29) is 17.8 Å². The molecule has 0 aliphatic carbocycles. The number of amides is 1. The standard InChI is InChI=1S/C23H20FNO/c1-16-6-2-4-8-20(16)23(26)25-15-14-17-7-3-5-9-21(17)22(25)18-10-12-19(24)13-11-18/h2-13,22H,14-15H2,1H3/t22-/m0/s1. The average Bonchev–Trinajstić information content (AvgIpc) is 2.68. The van der Waals surface area contributed by atoms with Crippen molar-refractivity contribution < 1.29 is 9.18 Å². The Morgan fingerprint density at radius 3 is 2.42 bits per heavy atom. The quantitative estimate of drug-likeness (QED) is 0.645. The van der Waals surface area contributed by atoms with Crippen LogP contribution in [0.5, 0.6) is 0 Å². The van der Waals surface area contributed by atoms with Crippen molar-refractivity contribution in [2.24, 2.45) is 0 Å². The summed E-state index contributed by atoms with van der Waals surface area (Å²) in [6, 6.07) is 22.1. The van der Waals surface area contributed by atoms with Crippen molar-refractivity contribution in [2.45, 2.75) is 19.4 Å². The van der Waals surface area contributed by atoms with E-state index in [0.717, 1.165) is 28.7 Å². The monoisotopic (exact) mass is 345 g/mol. The Morgan fingerprint density at radius 2 is 1.65 bits per heavy atom. The molecule has 26 heavy (non-hydrogen) atoms. The summed E-state index contributed by atoms with van der Waals surface area (Å²) in [5.41, 5.74) is 4.98. The first-order chi connectivity index (χ1) is 12.6. The molecule has 130 valence electrons. The van der Waals surface area contributed by atoms with Gasteiger partial charge in [-0.1, -0.05) is 54.6 Å². The molecule has 3 heteroatoms. The van der Waals surface area contributed by atoms with Gasteiger partial charge < -0.3 is 4.90 Å². The molecule has 0 fully saturated rings. The second-order valence-electron chi connectivity index (χ2n) is 6.72. The van der Waals surface area contributed by atoms with Crippen molar-refractivity contribution in [3.63, 3.8) is 0 Å². The number of carbonyl (C=O) groups excluding carboxylic acids is 1. The highest BCUT2D eigenvalue weighted by Crippen LogP contribution is 2.36. The van der Waals surface area contributed by atoms with E-state index in [9.17, 15) is 9.18 Å². The number of hydrogen-bond acceptors (Lipinski definition) is 1. The minimum Gasteiger partial charge on any atom is -0.327 e. The lowest BCUT2D eigenvalue weighted by molar-refractivity contribution is 0.0694. The number of hydrogen-bond donors (Lipinski definition) is 0. The number of benzene rings is 3. The van der Waals surface area contributed by atoms with Crippen molar-refractivity contribution in [3.05, 3.63) is 106 Å². The predicted molar refractivity (Wildman–Crippen MR) is 101 cm³/mol. The van der Waals surface area contributed by atoms with Crippen LogP contribution >= 0.6 is 0 Å². The van der Waals surface area contributed by atoms with Gasteiger partial charge in [0.1, 0.15) is 5.82 Å². The molecule has 3 aromatic carbocycles. The predicted octanol–water partition coefficient (Wildman–Crippen LogP) is 4.92. The van der Waals surface area contributed by atoms with Crippen LogP contribution in [-0.2, 0) is 6.42 Å². The van der Waals surface area contributed by atoms with E-state index in [1.165, 1.54) is 17.7 Å². The zero-order chi connectivity index (χ0) is 18.1. The molecular formula is C23H20FNO. The summed E-state index contributed by atoms with van der Waals surface area (Å²) in [6.07, 6.45) is 0.825. The molecule has 1 heterocycles. The Labute approximate surface area is 152 Å². The minimum atomic E-state index is -0.269. The third-order valence-corrected chi connectivity index (χ3v) is 5.11. The zero-order valence-corrected chi connectivity index (χ0v) is 14.7. The molecule has 0 saturated carbocycles. The molecule has 0 radical (unpaired) electrons. The summed E-state index contributed by atoms with van der Waals surface area (Å²) in [7, 11) is 0. The van der Waals surface area contributed by atoms with E-state index >= 15 is 0 Å². The second-order valence-corrected chi connectivity index (χ2v) is 6.72. The third kappa shape index (κ3) is 2.90. The molecule has 0 spiro atoms. The Kier molecular flexibility index (Phi) is 4.29. The van der Waals surface area contributed by atoms with Crippen molar-refractivity contribution in [3.8, 4) is 0 Å². The molecule has 1 aliphatic heterocycles. The number of carbonyl (C=O) groups is 1. The van der Waals surface area contributed by atoms with Crippen LogP contribution < -0.4 is 0 Å². The normalized spacial score (nSPS) is 16.2. The molecule has 0 saturated heterocycles. The maximum atomic E-state index is 13.4. The molecular weight excluding hydrogens is 325 g/mol. The lowest BCUT2D eigenvalue weighted by atomic mass is 9.87. The molecule has 0 bridgehead atoms. The number of rotatable bonds is 2. The highest BCUT2D eigenvalue weighted by molar-refractivity contribution is 5.96. The van der Waals surface area contributed by atoms with E-state index in [0.29, 0.717) is 6.54 Å². The van der Waals surface area contributed by atoms with E-state index in [1.807, 2.05) is 48.2 Å². The number of fused-ring (bicyclic) bond motifs is 1. The van der Waals surface area contributed by atoms with Crippen LogP contribution in [0.2, 0.25) is 0 Å². The molecule has 0 aromatic heterocycles. The second kappa shape index (κ2) is 6.75. The van der Waals surface area contributed by atoms with Gasteiger partial charge in [-0.05, 0) is 53.8 Å². The van der Waals surface area contributed by atoms with E-state index in [1.54, 1.807) is 12.1 Å². The molecule has 3 aromatic rings. The molecule has 1 aliphatic rings. The number of nitrogens with zero attached hydrogens (tertiary/aromatic N) is 1. The minimum absolute atomic E-state index is 0.0203. The first kappa shape index (κ1) is 16.5. The van der Waals surface area contributed by atoms with Crippen molar-refractivity contribution in [2.75, 3.05) is 6.54 Å². The highest BCUT2D eigenvalue weighted by atomic mass is 19.1. The van der Waals surface area contributed by atoms with Crippen molar-refractivity contribution in [1.29, 1.82) is 0 Å². The first-order valence-corrected chi connectivity index (χ1v) is 8.85. The molecule has 0 unspecified atom stereocenters. The SMILES string of the molecule is Cc1ccccc1C(=O)N1CCc2ccccc2[C@@H]1c1ccc(F)cc1. The van der Waals surface area contributed by atoms with E-state index < -0.39 is 0 Å². The van der Waals surface area contributed by atoms with Crippen LogP contribution in [0.4, 0.5) is 4.39 Å². The molecule has 0 N–H and O–H groups in total. The fourth-order valence-corrected chi connectivity index (χ4v) is 3.76. The van der Waals surface area contributed by atoms with Crippen LogP contribution in [0.1, 0.15) is 38.7 Å². The lowest BCUT2D eigenvalue weighted by Crippen LogP contribution is -2.40. The smallest absolute Gasteiger partial charge is 0.254 e. The average molecular weight is 345 g/mol. The van der Waals surface area contributed by atoms with Crippen LogP contribution in [-0.4, -0.2) is 17.4 Å². The van der Waals surface area contributed by atoms with Gasteiger partial charge >= 0.3 is 0 Å². The topological polar surface area (TPSA) is 20.3 Å². The van der Waals surface area contributed by atoms with Crippen LogP contribution in [0.15, 0.2) is 72.8 Å². The van der Waals surface area contributed by atoms with Crippen molar-refractivity contribution in [1.82, 2.24) is 4.90 Å². The van der Waals surface area contributed by atoms with Crippen LogP contribution in [0.3, 0.4) is 0 Å². The van der Waals surface area contributed by atoms with Gasteiger partial charge in [-0.15, -0.1) is 0 Å². The van der Waals surface area contributed by atoms with E-state index in [2.05, 4.69) is 12.1 Å². The maximum absolute atomic E-state index is 13.4.